The average Bonchev–Trinajstić information content (AvgIpc) is 2.23. The smallest absolute Gasteiger partial charge is 0.0510 e. The molecule has 0 spiro atoms. The molecule has 0 bridgehead atoms. The van der Waals surface area contributed by atoms with E-state index in [9.17, 15) is 0 Å². The molecule has 82 valence electrons. The van der Waals surface area contributed by atoms with Crippen molar-refractivity contribution in [2.75, 3.05) is 18.4 Å². The van der Waals surface area contributed by atoms with E-state index in [1.807, 2.05) is 0 Å². The van der Waals surface area contributed by atoms with E-state index in [0.29, 0.717) is 6.04 Å². The second-order valence-corrected chi connectivity index (χ2v) is 4.16. The van der Waals surface area contributed by atoms with E-state index in [1.165, 1.54) is 16.8 Å². The summed E-state index contributed by atoms with van der Waals surface area (Å²) in [6.07, 6.45) is 2.21. The van der Waals surface area contributed by atoms with Gasteiger partial charge >= 0.3 is 0 Å². The zero-order valence-electron chi connectivity index (χ0n) is 9.64. The minimum absolute atomic E-state index is 0.628. The summed E-state index contributed by atoms with van der Waals surface area (Å²) in [5.74, 6) is 0. The Balaban J connectivity index is 2.23. The summed E-state index contributed by atoms with van der Waals surface area (Å²) in [5.41, 5.74) is 4.27. The quantitative estimate of drug-likeness (QED) is 0.785. The number of hydrogen-bond acceptors (Lipinski definition) is 2. The van der Waals surface area contributed by atoms with E-state index in [-0.39, 0.29) is 0 Å². The summed E-state index contributed by atoms with van der Waals surface area (Å²) in [6.45, 7) is 6.64. The molecule has 0 unspecified atom stereocenters. The first kappa shape index (κ1) is 10.5. The van der Waals surface area contributed by atoms with Gasteiger partial charge in [-0.15, -0.1) is 0 Å². The van der Waals surface area contributed by atoms with Crippen LogP contribution in [-0.2, 0) is 12.8 Å². The fourth-order valence-electron chi connectivity index (χ4n) is 2.02. The Morgan fingerprint density at radius 1 is 1.20 bits per heavy atom. The normalized spacial score (nSPS) is 16.1. The standard InChI is InChI=1S/C13H20N2/c1-3-10-6-5-7-11(4-2)13(10)15-12-8-14-9-12/h5-7,12,14-15H,3-4,8-9H2,1-2H3. The lowest BCUT2D eigenvalue weighted by molar-refractivity contribution is 0.471. The van der Waals surface area contributed by atoms with Gasteiger partial charge in [0.15, 0.2) is 0 Å². The highest BCUT2D eigenvalue weighted by atomic mass is 15.1. The van der Waals surface area contributed by atoms with Crippen LogP contribution in [0.1, 0.15) is 25.0 Å². The second kappa shape index (κ2) is 4.67. The van der Waals surface area contributed by atoms with E-state index in [0.717, 1.165) is 25.9 Å². The molecule has 0 aliphatic carbocycles. The molecule has 1 aromatic carbocycles. The molecule has 1 aromatic rings. The van der Waals surface area contributed by atoms with E-state index in [4.69, 9.17) is 0 Å². The Hall–Kier alpha value is -1.02. The van der Waals surface area contributed by atoms with Crippen molar-refractivity contribution in [2.45, 2.75) is 32.7 Å². The van der Waals surface area contributed by atoms with Crippen molar-refractivity contribution in [1.82, 2.24) is 5.32 Å². The molecule has 0 aromatic heterocycles. The van der Waals surface area contributed by atoms with Crippen molar-refractivity contribution in [1.29, 1.82) is 0 Å². The molecule has 0 radical (unpaired) electrons. The largest absolute Gasteiger partial charge is 0.379 e. The summed E-state index contributed by atoms with van der Waals surface area (Å²) in [4.78, 5) is 0. The topological polar surface area (TPSA) is 24.1 Å². The molecule has 2 heteroatoms. The van der Waals surface area contributed by atoms with Gasteiger partial charge < -0.3 is 10.6 Å². The maximum Gasteiger partial charge on any atom is 0.0510 e. The SMILES string of the molecule is CCc1cccc(CC)c1NC1CNC1. The van der Waals surface area contributed by atoms with Crippen LogP contribution in [0, 0.1) is 0 Å². The van der Waals surface area contributed by atoms with Crippen LogP contribution >= 0.6 is 0 Å². The Morgan fingerprint density at radius 3 is 2.20 bits per heavy atom. The first-order valence-corrected chi connectivity index (χ1v) is 5.93. The summed E-state index contributed by atoms with van der Waals surface area (Å²) >= 11 is 0. The van der Waals surface area contributed by atoms with Gasteiger partial charge in [0.05, 0.1) is 6.04 Å². The van der Waals surface area contributed by atoms with Gasteiger partial charge in [0.2, 0.25) is 0 Å². The van der Waals surface area contributed by atoms with E-state index < -0.39 is 0 Å². The molecule has 1 saturated heterocycles. The molecule has 1 aliphatic heterocycles. The number of rotatable bonds is 4. The van der Waals surface area contributed by atoms with Crippen molar-refractivity contribution in [2.24, 2.45) is 0 Å². The maximum absolute atomic E-state index is 3.65. The zero-order valence-corrected chi connectivity index (χ0v) is 9.64. The Morgan fingerprint density at radius 2 is 1.80 bits per heavy atom. The highest BCUT2D eigenvalue weighted by molar-refractivity contribution is 5.58. The van der Waals surface area contributed by atoms with E-state index in [1.54, 1.807) is 0 Å². The fraction of sp³-hybridized carbons (Fsp3) is 0.538. The summed E-state index contributed by atoms with van der Waals surface area (Å²) in [6, 6.07) is 7.26. The lowest BCUT2D eigenvalue weighted by Gasteiger charge is -2.31. The van der Waals surface area contributed by atoms with Crippen LogP contribution in [0.3, 0.4) is 0 Å². The van der Waals surface area contributed by atoms with Crippen LogP contribution in [0.4, 0.5) is 5.69 Å². The fourth-order valence-corrected chi connectivity index (χ4v) is 2.02. The number of nitrogens with one attached hydrogen (secondary N) is 2. The number of anilines is 1. The van der Waals surface area contributed by atoms with Crippen LogP contribution in [0.15, 0.2) is 18.2 Å². The molecule has 1 aliphatic rings. The molecule has 2 rings (SSSR count). The average molecular weight is 204 g/mol. The number of benzene rings is 1. The molecular formula is C13H20N2. The molecule has 2 nitrogen and oxygen atoms in total. The van der Waals surface area contributed by atoms with Crippen LogP contribution in [-0.4, -0.2) is 19.1 Å². The third kappa shape index (κ3) is 2.15. The second-order valence-electron chi connectivity index (χ2n) is 4.16. The third-order valence-corrected chi connectivity index (χ3v) is 3.13. The van der Waals surface area contributed by atoms with Crippen molar-refractivity contribution < 1.29 is 0 Å². The summed E-state index contributed by atoms with van der Waals surface area (Å²) in [7, 11) is 0. The van der Waals surface area contributed by atoms with E-state index in [2.05, 4.69) is 42.7 Å². The lowest BCUT2D eigenvalue weighted by Crippen LogP contribution is -2.51. The summed E-state index contributed by atoms with van der Waals surface area (Å²) < 4.78 is 0. The Labute approximate surface area is 92.1 Å². The Kier molecular flexibility index (Phi) is 3.27. The van der Waals surface area contributed by atoms with Gasteiger partial charge in [0.25, 0.3) is 0 Å². The molecule has 15 heavy (non-hydrogen) atoms. The molecule has 2 N–H and O–H groups in total. The number of para-hydroxylation sites is 1. The van der Waals surface area contributed by atoms with Crippen LogP contribution in [0.25, 0.3) is 0 Å². The monoisotopic (exact) mass is 204 g/mol. The molecule has 1 fully saturated rings. The highest BCUT2D eigenvalue weighted by Gasteiger charge is 2.18. The maximum atomic E-state index is 3.65. The molecule has 0 saturated carbocycles. The number of hydrogen-bond donors (Lipinski definition) is 2. The van der Waals surface area contributed by atoms with Crippen molar-refractivity contribution in [3.05, 3.63) is 29.3 Å². The van der Waals surface area contributed by atoms with Gasteiger partial charge in [-0.05, 0) is 24.0 Å². The van der Waals surface area contributed by atoms with Crippen LogP contribution in [0.2, 0.25) is 0 Å². The van der Waals surface area contributed by atoms with Crippen molar-refractivity contribution in [3.8, 4) is 0 Å². The summed E-state index contributed by atoms with van der Waals surface area (Å²) in [5, 5.41) is 6.95. The van der Waals surface area contributed by atoms with Gasteiger partial charge in [-0.25, -0.2) is 0 Å². The van der Waals surface area contributed by atoms with Crippen LogP contribution in [0.5, 0.6) is 0 Å². The predicted molar refractivity (Wildman–Crippen MR) is 65.5 cm³/mol. The van der Waals surface area contributed by atoms with Gasteiger partial charge in [-0.3, -0.25) is 0 Å². The first-order valence-electron chi connectivity index (χ1n) is 5.93. The van der Waals surface area contributed by atoms with E-state index >= 15 is 0 Å². The zero-order chi connectivity index (χ0) is 10.7. The minimum atomic E-state index is 0.628. The number of aryl methyl sites for hydroxylation is 2. The van der Waals surface area contributed by atoms with Gasteiger partial charge in [-0.2, -0.15) is 0 Å². The molecule has 1 heterocycles. The van der Waals surface area contributed by atoms with Gasteiger partial charge in [0, 0.05) is 18.8 Å². The Bertz CT molecular complexity index is 307. The molecular weight excluding hydrogens is 184 g/mol. The molecule has 0 atom stereocenters. The first-order chi connectivity index (χ1) is 7.35. The van der Waals surface area contributed by atoms with Crippen molar-refractivity contribution in [3.63, 3.8) is 0 Å². The highest BCUT2D eigenvalue weighted by Crippen LogP contribution is 2.23. The van der Waals surface area contributed by atoms with Crippen LogP contribution < -0.4 is 10.6 Å². The lowest BCUT2D eigenvalue weighted by atomic mass is 10.0. The minimum Gasteiger partial charge on any atom is -0.379 e. The predicted octanol–water partition coefficient (Wildman–Crippen LogP) is 2.20. The third-order valence-electron chi connectivity index (χ3n) is 3.13. The van der Waals surface area contributed by atoms with Gasteiger partial charge in [-0.1, -0.05) is 32.0 Å². The molecule has 0 amide bonds. The van der Waals surface area contributed by atoms with Gasteiger partial charge in [0.1, 0.15) is 0 Å². The van der Waals surface area contributed by atoms with Crippen molar-refractivity contribution >= 4 is 5.69 Å².